The van der Waals surface area contributed by atoms with Gasteiger partial charge in [0, 0.05) is 34.1 Å². The van der Waals surface area contributed by atoms with Crippen molar-refractivity contribution in [2.75, 3.05) is 18.4 Å². The van der Waals surface area contributed by atoms with Gasteiger partial charge in [-0.25, -0.2) is 0 Å². The van der Waals surface area contributed by atoms with Gasteiger partial charge in [0.25, 0.3) is 5.91 Å². The Balaban J connectivity index is 1.31. The molecule has 1 aliphatic rings. The van der Waals surface area contributed by atoms with Crippen LogP contribution in [0.2, 0.25) is 0 Å². The Morgan fingerprint density at radius 3 is 2.38 bits per heavy atom. The van der Waals surface area contributed by atoms with E-state index in [1.807, 2.05) is 38.1 Å². The van der Waals surface area contributed by atoms with Crippen molar-refractivity contribution in [3.8, 4) is 20.9 Å². The number of carbonyl (C=O) groups excluding carboxylic acids is 1. The van der Waals surface area contributed by atoms with Crippen molar-refractivity contribution < 1.29 is 4.79 Å². The van der Waals surface area contributed by atoms with Gasteiger partial charge in [-0.3, -0.25) is 4.79 Å². The number of carbonyl (C=O) groups is 1. The zero-order valence-corrected chi connectivity index (χ0v) is 20.3. The van der Waals surface area contributed by atoms with Crippen molar-refractivity contribution in [1.82, 2.24) is 10.6 Å². The molecule has 172 valence electrons. The van der Waals surface area contributed by atoms with Crippen molar-refractivity contribution in [3.63, 3.8) is 0 Å². The summed E-state index contributed by atoms with van der Waals surface area (Å²) in [5, 5.41) is 9.94. The fraction of sp³-hybridized carbons (Fsp3) is 0.207. The van der Waals surface area contributed by atoms with E-state index >= 15 is 0 Å². The molecule has 0 aliphatic carbocycles. The standard InChI is InChI=1S/C29H29N3OS/c1-19-11-12-24(32-25-17-30-18-25)16-26(19)29(33)31-20(2)22-9-6-10-23(15-22)28-14-13-27(34-28)21-7-4-3-5-8-21/h3-16,20,25,30,32H,17-18H2,1-2H3,(H,31,33)/t20-/m1/s1. The predicted octanol–water partition coefficient (Wildman–Crippen LogP) is 6.27. The van der Waals surface area contributed by atoms with Crippen molar-refractivity contribution >= 4 is 22.9 Å². The molecule has 1 aliphatic heterocycles. The molecule has 2 heterocycles. The first-order valence-electron chi connectivity index (χ1n) is 11.7. The fourth-order valence-corrected chi connectivity index (χ4v) is 5.16. The van der Waals surface area contributed by atoms with E-state index < -0.39 is 0 Å². The summed E-state index contributed by atoms with van der Waals surface area (Å²) in [4.78, 5) is 15.6. The Morgan fingerprint density at radius 2 is 1.65 bits per heavy atom. The topological polar surface area (TPSA) is 53.2 Å². The largest absolute Gasteiger partial charge is 0.380 e. The Morgan fingerprint density at radius 1 is 0.912 bits per heavy atom. The van der Waals surface area contributed by atoms with Gasteiger partial charge in [0.05, 0.1) is 12.1 Å². The molecule has 34 heavy (non-hydrogen) atoms. The van der Waals surface area contributed by atoms with Crippen LogP contribution < -0.4 is 16.0 Å². The number of amides is 1. The summed E-state index contributed by atoms with van der Waals surface area (Å²) in [5.74, 6) is -0.0479. The van der Waals surface area contributed by atoms with E-state index in [9.17, 15) is 4.79 Å². The predicted molar refractivity (Wildman–Crippen MR) is 143 cm³/mol. The van der Waals surface area contributed by atoms with Crippen LogP contribution in [-0.2, 0) is 0 Å². The fourth-order valence-electron chi connectivity index (χ4n) is 4.15. The van der Waals surface area contributed by atoms with Crippen molar-refractivity contribution in [1.29, 1.82) is 0 Å². The lowest BCUT2D eigenvalue weighted by Gasteiger charge is -2.29. The second kappa shape index (κ2) is 9.84. The first-order chi connectivity index (χ1) is 16.6. The number of thiophene rings is 1. The minimum Gasteiger partial charge on any atom is -0.380 e. The van der Waals surface area contributed by atoms with E-state index in [0.29, 0.717) is 11.6 Å². The Hall–Kier alpha value is -3.41. The van der Waals surface area contributed by atoms with Crippen LogP contribution in [0.25, 0.3) is 20.9 Å². The molecule has 1 aromatic heterocycles. The summed E-state index contributed by atoms with van der Waals surface area (Å²) in [6, 6.07) is 29.6. The van der Waals surface area contributed by atoms with Gasteiger partial charge < -0.3 is 16.0 Å². The molecule has 4 aromatic rings. The van der Waals surface area contributed by atoms with Crippen LogP contribution in [0, 0.1) is 6.92 Å². The molecule has 5 rings (SSSR count). The molecule has 0 bridgehead atoms. The van der Waals surface area contributed by atoms with Gasteiger partial charge in [-0.05, 0) is 66.4 Å². The molecule has 1 fully saturated rings. The van der Waals surface area contributed by atoms with Gasteiger partial charge in [0.2, 0.25) is 0 Å². The Labute approximate surface area is 205 Å². The normalized spacial score (nSPS) is 14.3. The van der Waals surface area contributed by atoms with E-state index in [1.165, 1.54) is 20.9 Å². The molecule has 5 heteroatoms. The maximum atomic E-state index is 13.1. The van der Waals surface area contributed by atoms with Gasteiger partial charge in [-0.1, -0.05) is 54.6 Å². The molecule has 4 nitrogen and oxygen atoms in total. The molecule has 3 N–H and O–H groups in total. The van der Waals surface area contributed by atoms with Crippen LogP contribution in [0.1, 0.15) is 34.5 Å². The highest BCUT2D eigenvalue weighted by Gasteiger charge is 2.18. The number of aryl methyl sites for hydroxylation is 1. The van der Waals surface area contributed by atoms with Crippen molar-refractivity contribution in [2.45, 2.75) is 25.9 Å². The van der Waals surface area contributed by atoms with Crippen molar-refractivity contribution in [3.05, 3.63) is 102 Å². The highest BCUT2D eigenvalue weighted by molar-refractivity contribution is 7.18. The lowest BCUT2D eigenvalue weighted by molar-refractivity contribution is 0.0939. The minimum atomic E-state index is -0.104. The summed E-state index contributed by atoms with van der Waals surface area (Å²) < 4.78 is 0. The van der Waals surface area contributed by atoms with Crippen LogP contribution in [0.15, 0.2) is 84.9 Å². The van der Waals surface area contributed by atoms with E-state index in [0.717, 1.165) is 29.9 Å². The Kier molecular flexibility index (Phi) is 6.48. The van der Waals surface area contributed by atoms with Crippen LogP contribution in [0.5, 0.6) is 0 Å². The number of hydrogen-bond acceptors (Lipinski definition) is 4. The quantitative estimate of drug-likeness (QED) is 0.300. The molecule has 1 atom stereocenters. The molecule has 1 amide bonds. The van der Waals surface area contributed by atoms with Gasteiger partial charge in [0.15, 0.2) is 0 Å². The molecule has 0 spiro atoms. The van der Waals surface area contributed by atoms with E-state index in [2.05, 4.69) is 76.6 Å². The van der Waals surface area contributed by atoms with Gasteiger partial charge in [0.1, 0.15) is 0 Å². The van der Waals surface area contributed by atoms with Crippen LogP contribution in [0.4, 0.5) is 5.69 Å². The number of nitrogens with one attached hydrogen (secondary N) is 3. The Bertz CT molecular complexity index is 1290. The third-order valence-electron chi connectivity index (χ3n) is 6.32. The molecular weight excluding hydrogens is 438 g/mol. The lowest BCUT2D eigenvalue weighted by Crippen LogP contribution is -2.51. The minimum absolute atomic E-state index is 0.0479. The van der Waals surface area contributed by atoms with Crippen molar-refractivity contribution in [2.24, 2.45) is 0 Å². The summed E-state index contributed by atoms with van der Waals surface area (Å²) >= 11 is 1.79. The molecule has 0 unspecified atom stereocenters. The summed E-state index contributed by atoms with van der Waals surface area (Å²) in [7, 11) is 0. The number of benzene rings is 3. The first kappa shape index (κ1) is 22.4. The average molecular weight is 468 g/mol. The van der Waals surface area contributed by atoms with Gasteiger partial charge >= 0.3 is 0 Å². The molecule has 0 radical (unpaired) electrons. The molecule has 3 aromatic carbocycles. The lowest BCUT2D eigenvalue weighted by atomic mass is 10.0. The number of anilines is 1. The molecule has 1 saturated heterocycles. The number of hydrogen-bond donors (Lipinski definition) is 3. The SMILES string of the molecule is Cc1ccc(NC2CNC2)cc1C(=O)N[C@H](C)c1cccc(-c2ccc(-c3ccccc3)s2)c1. The summed E-state index contributed by atoms with van der Waals surface area (Å²) in [6.45, 7) is 5.94. The van der Waals surface area contributed by atoms with E-state index in [1.54, 1.807) is 11.3 Å². The second-order valence-corrected chi connectivity index (χ2v) is 9.96. The highest BCUT2D eigenvalue weighted by Crippen LogP contribution is 2.35. The second-order valence-electron chi connectivity index (χ2n) is 8.88. The third kappa shape index (κ3) is 4.91. The average Bonchev–Trinajstić information content (AvgIpc) is 3.33. The molecular formula is C29H29N3OS. The van der Waals surface area contributed by atoms with E-state index in [4.69, 9.17) is 0 Å². The zero-order valence-electron chi connectivity index (χ0n) is 19.5. The number of rotatable bonds is 7. The van der Waals surface area contributed by atoms with Crippen LogP contribution in [-0.4, -0.2) is 25.0 Å². The third-order valence-corrected chi connectivity index (χ3v) is 7.50. The monoisotopic (exact) mass is 467 g/mol. The smallest absolute Gasteiger partial charge is 0.252 e. The highest BCUT2D eigenvalue weighted by atomic mass is 32.1. The summed E-state index contributed by atoms with van der Waals surface area (Å²) in [6.07, 6.45) is 0. The van der Waals surface area contributed by atoms with Crippen LogP contribution >= 0.6 is 11.3 Å². The zero-order chi connectivity index (χ0) is 23.5. The molecule has 0 saturated carbocycles. The summed E-state index contributed by atoms with van der Waals surface area (Å²) in [5.41, 5.74) is 6.17. The van der Waals surface area contributed by atoms with E-state index in [-0.39, 0.29) is 11.9 Å². The van der Waals surface area contributed by atoms with Crippen LogP contribution in [0.3, 0.4) is 0 Å². The van der Waals surface area contributed by atoms with Gasteiger partial charge in [-0.2, -0.15) is 0 Å². The maximum Gasteiger partial charge on any atom is 0.252 e. The first-order valence-corrected chi connectivity index (χ1v) is 12.5. The maximum absolute atomic E-state index is 13.1. The van der Waals surface area contributed by atoms with Gasteiger partial charge in [-0.15, -0.1) is 11.3 Å².